The van der Waals surface area contributed by atoms with Gasteiger partial charge in [0.25, 0.3) is 0 Å². The first-order chi connectivity index (χ1) is 5.16. The summed E-state index contributed by atoms with van der Waals surface area (Å²) in [7, 11) is 1.86. The van der Waals surface area contributed by atoms with Crippen molar-refractivity contribution >= 4 is 0 Å². The van der Waals surface area contributed by atoms with E-state index >= 15 is 0 Å². The van der Waals surface area contributed by atoms with E-state index in [-0.39, 0.29) is 5.60 Å². The molecule has 0 spiro atoms. The zero-order chi connectivity index (χ0) is 8.48. The average Bonchev–Trinajstić information content (AvgIpc) is 2.70. The van der Waals surface area contributed by atoms with Crippen molar-refractivity contribution in [3.8, 4) is 0 Å². The first kappa shape index (κ1) is 9.05. The van der Waals surface area contributed by atoms with Crippen molar-refractivity contribution in [1.82, 2.24) is 0 Å². The Balaban J connectivity index is 2.54. The number of hydrogen-bond acceptors (Lipinski definition) is 1. The van der Waals surface area contributed by atoms with E-state index in [1.54, 1.807) is 0 Å². The molecule has 1 nitrogen and oxygen atoms in total. The van der Waals surface area contributed by atoms with Crippen molar-refractivity contribution in [2.24, 2.45) is 11.8 Å². The molecule has 0 radical (unpaired) electrons. The highest BCUT2D eigenvalue weighted by atomic mass is 16.5. The van der Waals surface area contributed by atoms with Crippen LogP contribution in [0.3, 0.4) is 0 Å². The van der Waals surface area contributed by atoms with Crippen molar-refractivity contribution in [1.29, 1.82) is 0 Å². The van der Waals surface area contributed by atoms with Gasteiger partial charge < -0.3 is 4.74 Å². The second-order valence-corrected chi connectivity index (χ2v) is 4.03. The Hall–Kier alpha value is -0.0400. The summed E-state index contributed by atoms with van der Waals surface area (Å²) in [5.41, 5.74) is 0.281. The lowest BCUT2D eigenvalue weighted by atomic mass is 9.86. The molecule has 0 aromatic rings. The molecule has 1 aliphatic rings. The number of rotatable bonds is 4. The van der Waals surface area contributed by atoms with Crippen LogP contribution in [0, 0.1) is 11.8 Å². The second-order valence-electron chi connectivity index (χ2n) is 4.03. The standard InChI is InChI=1S/C10H20O/c1-5-9(8(2)3)10(11-4)6-7-10/h8-9H,5-7H2,1-4H3. The van der Waals surface area contributed by atoms with Crippen LogP contribution in [-0.2, 0) is 4.74 Å². The van der Waals surface area contributed by atoms with Gasteiger partial charge in [-0.25, -0.2) is 0 Å². The van der Waals surface area contributed by atoms with Crippen LogP contribution in [0.25, 0.3) is 0 Å². The Labute approximate surface area is 70.1 Å². The van der Waals surface area contributed by atoms with Gasteiger partial charge >= 0.3 is 0 Å². The summed E-state index contributed by atoms with van der Waals surface area (Å²) >= 11 is 0. The zero-order valence-corrected chi connectivity index (χ0v) is 8.18. The molecule has 66 valence electrons. The molecule has 0 amide bonds. The number of ether oxygens (including phenoxy) is 1. The van der Waals surface area contributed by atoms with Crippen LogP contribution in [0.15, 0.2) is 0 Å². The van der Waals surface area contributed by atoms with Gasteiger partial charge in [-0.1, -0.05) is 27.2 Å². The van der Waals surface area contributed by atoms with Crippen LogP contribution < -0.4 is 0 Å². The molecular weight excluding hydrogens is 136 g/mol. The summed E-state index contributed by atoms with van der Waals surface area (Å²) in [6, 6.07) is 0. The van der Waals surface area contributed by atoms with Gasteiger partial charge in [0.05, 0.1) is 5.60 Å². The van der Waals surface area contributed by atoms with Gasteiger partial charge in [-0.05, 0) is 24.7 Å². The smallest absolute Gasteiger partial charge is 0.0711 e. The largest absolute Gasteiger partial charge is 0.378 e. The van der Waals surface area contributed by atoms with E-state index in [4.69, 9.17) is 4.74 Å². The van der Waals surface area contributed by atoms with Crippen molar-refractivity contribution in [2.45, 2.75) is 45.6 Å². The predicted octanol–water partition coefficient (Wildman–Crippen LogP) is 2.85. The molecule has 1 atom stereocenters. The third-order valence-electron chi connectivity index (χ3n) is 3.07. The van der Waals surface area contributed by atoms with Gasteiger partial charge in [0.2, 0.25) is 0 Å². The summed E-state index contributed by atoms with van der Waals surface area (Å²) in [6.07, 6.45) is 3.81. The maximum absolute atomic E-state index is 5.56. The predicted molar refractivity (Wildman–Crippen MR) is 47.6 cm³/mol. The Morgan fingerprint density at radius 3 is 2.00 bits per heavy atom. The van der Waals surface area contributed by atoms with Gasteiger partial charge in [-0.3, -0.25) is 0 Å². The molecule has 0 aromatic carbocycles. The fraction of sp³-hybridized carbons (Fsp3) is 1.00. The minimum Gasteiger partial charge on any atom is -0.378 e. The Kier molecular flexibility index (Phi) is 2.58. The van der Waals surface area contributed by atoms with Crippen molar-refractivity contribution < 1.29 is 4.74 Å². The lowest BCUT2D eigenvalue weighted by molar-refractivity contribution is 0.00833. The summed E-state index contributed by atoms with van der Waals surface area (Å²) in [5.74, 6) is 1.54. The highest BCUT2D eigenvalue weighted by molar-refractivity contribution is 5.01. The van der Waals surface area contributed by atoms with Crippen LogP contribution in [0.1, 0.15) is 40.0 Å². The maximum atomic E-state index is 5.56. The summed E-state index contributed by atoms with van der Waals surface area (Å²) in [4.78, 5) is 0. The van der Waals surface area contributed by atoms with Crippen LogP contribution in [0.4, 0.5) is 0 Å². The summed E-state index contributed by atoms with van der Waals surface area (Å²) in [6.45, 7) is 6.87. The van der Waals surface area contributed by atoms with Crippen LogP contribution in [-0.4, -0.2) is 12.7 Å². The highest BCUT2D eigenvalue weighted by Gasteiger charge is 2.49. The summed E-state index contributed by atoms with van der Waals surface area (Å²) in [5, 5.41) is 0. The fourth-order valence-electron chi connectivity index (χ4n) is 2.30. The van der Waals surface area contributed by atoms with Gasteiger partial charge in [-0.15, -0.1) is 0 Å². The quantitative estimate of drug-likeness (QED) is 0.608. The van der Waals surface area contributed by atoms with Gasteiger partial charge in [0.15, 0.2) is 0 Å². The van der Waals surface area contributed by atoms with E-state index in [0.717, 1.165) is 11.8 Å². The normalized spacial score (nSPS) is 23.7. The Bertz CT molecular complexity index is 125. The van der Waals surface area contributed by atoms with Crippen molar-refractivity contribution in [3.05, 3.63) is 0 Å². The van der Waals surface area contributed by atoms with Gasteiger partial charge in [0, 0.05) is 7.11 Å². The van der Waals surface area contributed by atoms with Crippen molar-refractivity contribution in [2.75, 3.05) is 7.11 Å². The van der Waals surface area contributed by atoms with Crippen LogP contribution in [0.2, 0.25) is 0 Å². The molecule has 0 N–H and O–H groups in total. The maximum Gasteiger partial charge on any atom is 0.0711 e. The number of methoxy groups -OCH3 is 1. The fourth-order valence-corrected chi connectivity index (χ4v) is 2.30. The number of hydrogen-bond donors (Lipinski definition) is 0. The first-order valence-electron chi connectivity index (χ1n) is 4.71. The Morgan fingerprint density at radius 2 is 1.91 bits per heavy atom. The van der Waals surface area contributed by atoms with Crippen molar-refractivity contribution in [3.63, 3.8) is 0 Å². The topological polar surface area (TPSA) is 9.23 Å². The molecule has 0 heterocycles. The molecule has 0 bridgehead atoms. The molecule has 1 heteroatoms. The van der Waals surface area contributed by atoms with E-state index in [9.17, 15) is 0 Å². The molecule has 1 unspecified atom stereocenters. The summed E-state index contributed by atoms with van der Waals surface area (Å²) < 4.78 is 5.56. The van der Waals surface area contributed by atoms with Gasteiger partial charge in [0.1, 0.15) is 0 Å². The minimum absolute atomic E-state index is 0.281. The van der Waals surface area contributed by atoms with E-state index in [0.29, 0.717) is 0 Å². The van der Waals surface area contributed by atoms with E-state index in [1.807, 2.05) is 7.11 Å². The SMILES string of the molecule is CCC(C(C)C)C1(OC)CC1. The minimum atomic E-state index is 0.281. The highest BCUT2D eigenvalue weighted by Crippen LogP contribution is 2.49. The average molecular weight is 156 g/mol. The molecule has 1 fully saturated rings. The molecular formula is C10H20O. The van der Waals surface area contributed by atoms with Gasteiger partial charge in [-0.2, -0.15) is 0 Å². The molecule has 0 saturated heterocycles. The third kappa shape index (κ3) is 1.58. The molecule has 1 saturated carbocycles. The first-order valence-corrected chi connectivity index (χ1v) is 4.71. The molecule has 0 aromatic heterocycles. The lowest BCUT2D eigenvalue weighted by Gasteiger charge is -2.28. The monoisotopic (exact) mass is 156 g/mol. The third-order valence-corrected chi connectivity index (χ3v) is 3.07. The molecule has 0 aliphatic heterocycles. The molecule has 1 rings (SSSR count). The van der Waals surface area contributed by atoms with Crippen LogP contribution >= 0.6 is 0 Å². The second kappa shape index (κ2) is 3.14. The van der Waals surface area contributed by atoms with E-state index < -0.39 is 0 Å². The molecule has 11 heavy (non-hydrogen) atoms. The van der Waals surface area contributed by atoms with E-state index in [2.05, 4.69) is 20.8 Å². The van der Waals surface area contributed by atoms with E-state index in [1.165, 1.54) is 19.3 Å². The lowest BCUT2D eigenvalue weighted by Crippen LogP contribution is -2.28. The molecule has 1 aliphatic carbocycles. The van der Waals surface area contributed by atoms with Crippen LogP contribution in [0.5, 0.6) is 0 Å². The Morgan fingerprint density at radius 1 is 1.36 bits per heavy atom. The zero-order valence-electron chi connectivity index (χ0n) is 8.18.